The van der Waals surface area contributed by atoms with E-state index in [4.69, 9.17) is 14.9 Å². The molecule has 0 amide bonds. The average molecular weight is 280 g/mol. The number of ether oxygens (including phenoxy) is 1. The van der Waals surface area contributed by atoms with Gasteiger partial charge in [0.25, 0.3) is 0 Å². The van der Waals surface area contributed by atoms with Crippen molar-refractivity contribution in [1.82, 2.24) is 0 Å². The van der Waals surface area contributed by atoms with Gasteiger partial charge in [-0.2, -0.15) is 0 Å². The lowest BCUT2D eigenvalue weighted by atomic mass is 9.96. The first-order valence-corrected chi connectivity index (χ1v) is 6.72. The Bertz CT molecular complexity index is 438. The maximum atomic E-state index is 11.1. The third-order valence-corrected chi connectivity index (χ3v) is 2.98. The van der Waals surface area contributed by atoms with E-state index in [0.717, 1.165) is 19.3 Å². The van der Waals surface area contributed by atoms with E-state index in [1.165, 1.54) is 0 Å². The molecule has 0 radical (unpaired) electrons. The second-order valence-electron chi connectivity index (χ2n) is 4.61. The summed E-state index contributed by atoms with van der Waals surface area (Å²) in [5.74, 6) is -2.62. The molecule has 0 unspecified atom stereocenters. The van der Waals surface area contributed by atoms with Gasteiger partial charge in [-0.15, -0.1) is 0 Å². The van der Waals surface area contributed by atoms with E-state index in [1.54, 1.807) is 24.3 Å². The summed E-state index contributed by atoms with van der Waals surface area (Å²) >= 11 is 0. The summed E-state index contributed by atoms with van der Waals surface area (Å²) in [6, 6.07) is 6.58. The zero-order valence-electron chi connectivity index (χ0n) is 11.5. The van der Waals surface area contributed by atoms with Gasteiger partial charge in [-0.1, -0.05) is 31.9 Å². The molecular weight excluding hydrogens is 260 g/mol. The van der Waals surface area contributed by atoms with Crippen molar-refractivity contribution in [3.05, 3.63) is 29.8 Å². The smallest absolute Gasteiger partial charge is 0.311 e. The van der Waals surface area contributed by atoms with E-state index in [1.807, 2.05) is 0 Å². The summed E-state index contributed by atoms with van der Waals surface area (Å²) in [6.45, 7) is 2.74. The fourth-order valence-electron chi connectivity index (χ4n) is 1.86. The Balaban J connectivity index is 2.63. The minimum atomic E-state index is -1.14. The fourth-order valence-corrected chi connectivity index (χ4v) is 1.86. The van der Waals surface area contributed by atoms with E-state index in [9.17, 15) is 9.59 Å². The lowest BCUT2D eigenvalue weighted by Crippen LogP contribution is -2.15. The van der Waals surface area contributed by atoms with E-state index in [2.05, 4.69) is 6.92 Å². The van der Waals surface area contributed by atoms with Crippen molar-refractivity contribution in [1.29, 1.82) is 0 Å². The van der Waals surface area contributed by atoms with Gasteiger partial charge in [-0.05, 0) is 24.1 Å². The van der Waals surface area contributed by atoms with E-state index < -0.39 is 24.3 Å². The Hall–Kier alpha value is -2.04. The highest BCUT2D eigenvalue weighted by atomic mass is 16.5. The van der Waals surface area contributed by atoms with Crippen LogP contribution in [0.4, 0.5) is 0 Å². The predicted molar refractivity (Wildman–Crippen MR) is 74.1 cm³/mol. The van der Waals surface area contributed by atoms with Crippen molar-refractivity contribution < 1.29 is 24.5 Å². The van der Waals surface area contributed by atoms with Crippen LogP contribution in [0.3, 0.4) is 0 Å². The van der Waals surface area contributed by atoms with Crippen LogP contribution in [0.1, 0.15) is 44.1 Å². The van der Waals surface area contributed by atoms with Crippen LogP contribution in [-0.2, 0) is 9.59 Å². The van der Waals surface area contributed by atoms with Gasteiger partial charge in [0, 0.05) is 0 Å². The largest absolute Gasteiger partial charge is 0.494 e. The zero-order valence-corrected chi connectivity index (χ0v) is 11.5. The molecule has 0 aliphatic carbocycles. The number of aliphatic carboxylic acids is 2. The Morgan fingerprint density at radius 1 is 1.15 bits per heavy atom. The van der Waals surface area contributed by atoms with Crippen molar-refractivity contribution in [2.24, 2.45) is 0 Å². The van der Waals surface area contributed by atoms with Gasteiger partial charge in [-0.25, -0.2) is 0 Å². The number of benzene rings is 1. The molecule has 110 valence electrons. The molecule has 5 heteroatoms. The molecule has 2 N–H and O–H groups in total. The van der Waals surface area contributed by atoms with Gasteiger partial charge in [0.15, 0.2) is 0 Å². The summed E-state index contributed by atoms with van der Waals surface area (Å²) in [5.41, 5.74) is 0.473. The molecule has 1 rings (SSSR count). The van der Waals surface area contributed by atoms with E-state index in [-0.39, 0.29) is 0 Å². The maximum absolute atomic E-state index is 11.1. The average Bonchev–Trinajstić information content (AvgIpc) is 2.41. The molecule has 1 atom stereocenters. The molecule has 0 aliphatic rings. The molecule has 1 aromatic rings. The number of hydrogen-bond donors (Lipinski definition) is 2. The molecule has 0 heterocycles. The van der Waals surface area contributed by atoms with Gasteiger partial charge < -0.3 is 14.9 Å². The quantitative estimate of drug-likeness (QED) is 0.679. The topological polar surface area (TPSA) is 83.8 Å². The van der Waals surface area contributed by atoms with Crippen LogP contribution in [0.2, 0.25) is 0 Å². The first-order chi connectivity index (χ1) is 9.54. The van der Waals surface area contributed by atoms with Crippen LogP contribution in [0.15, 0.2) is 24.3 Å². The summed E-state index contributed by atoms with van der Waals surface area (Å²) in [7, 11) is 0. The third kappa shape index (κ3) is 5.30. The van der Waals surface area contributed by atoms with Gasteiger partial charge in [-0.3, -0.25) is 9.59 Å². The van der Waals surface area contributed by atoms with Gasteiger partial charge in [0.2, 0.25) is 0 Å². The Morgan fingerprint density at radius 2 is 1.80 bits per heavy atom. The van der Waals surface area contributed by atoms with Crippen molar-refractivity contribution in [3.63, 3.8) is 0 Å². The standard InChI is InChI=1S/C15H20O5/c1-2-3-4-9-20-12-7-5-11(6-8-12)13(15(18)19)10-14(16)17/h5-8,13H,2-4,9-10H2,1H3,(H,16,17)(H,18,19)/t13-/m1/s1. The third-order valence-electron chi connectivity index (χ3n) is 2.98. The molecule has 0 fully saturated rings. The Morgan fingerprint density at radius 3 is 2.30 bits per heavy atom. The highest BCUT2D eigenvalue weighted by Gasteiger charge is 2.22. The minimum Gasteiger partial charge on any atom is -0.494 e. The fraction of sp³-hybridized carbons (Fsp3) is 0.467. The first-order valence-electron chi connectivity index (χ1n) is 6.72. The second-order valence-corrected chi connectivity index (χ2v) is 4.61. The molecule has 0 spiro atoms. The molecular formula is C15H20O5. The Labute approximate surface area is 118 Å². The molecule has 0 bridgehead atoms. The van der Waals surface area contributed by atoms with Crippen LogP contribution >= 0.6 is 0 Å². The zero-order chi connectivity index (χ0) is 15.0. The van der Waals surface area contributed by atoms with Crippen molar-refractivity contribution >= 4 is 11.9 Å². The summed E-state index contributed by atoms with van der Waals surface area (Å²) in [5, 5.41) is 17.8. The Kier molecular flexibility index (Phi) is 6.56. The van der Waals surface area contributed by atoms with Crippen LogP contribution < -0.4 is 4.74 Å². The number of rotatable bonds is 9. The first kappa shape index (κ1) is 16.0. The normalized spacial score (nSPS) is 11.8. The molecule has 5 nitrogen and oxygen atoms in total. The minimum absolute atomic E-state index is 0.425. The number of carboxylic acid groups (broad SMARTS) is 2. The highest BCUT2D eigenvalue weighted by Crippen LogP contribution is 2.23. The van der Waals surface area contributed by atoms with Gasteiger partial charge in [0.05, 0.1) is 18.9 Å². The van der Waals surface area contributed by atoms with E-state index in [0.29, 0.717) is 17.9 Å². The molecule has 0 saturated heterocycles. The van der Waals surface area contributed by atoms with Gasteiger partial charge >= 0.3 is 11.9 Å². The molecule has 0 saturated carbocycles. The lowest BCUT2D eigenvalue weighted by molar-refractivity contribution is -0.145. The van der Waals surface area contributed by atoms with Crippen molar-refractivity contribution in [2.45, 2.75) is 38.5 Å². The van der Waals surface area contributed by atoms with E-state index >= 15 is 0 Å². The summed E-state index contributed by atoms with van der Waals surface area (Å²) in [6.07, 6.45) is 2.79. The molecule has 0 aliphatic heterocycles. The predicted octanol–water partition coefficient (Wildman–Crippen LogP) is 2.90. The highest BCUT2D eigenvalue weighted by molar-refractivity contribution is 5.82. The molecule has 20 heavy (non-hydrogen) atoms. The van der Waals surface area contributed by atoms with Crippen LogP contribution in [0.25, 0.3) is 0 Å². The van der Waals surface area contributed by atoms with Crippen LogP contribution in [0.5, 0.6) is 5.75 Å². The lowest BCUT2D eigenvalue weighted by Gasteiger charge is -2.11. The number of carbonyl (C=O) groups is 2. The van der Waals surface area contributed by atoms with Crippen molar-refractivity contribution in [3.8, 4) is 5.75 Å². The SMILES string of the molecule is CCCCCOc1ccc([C@@H](CC(=O)O)C(=O)O)cc1. The summed E-state index contributed by atoms with van der Waals surface area (Å²) < 4.78 is 5.52. The number of unbranched alkanes of at least 4 members (excludes halogenated alkanes) is 2. The van der Waals surface area contributed by atoms with Gasteiger partial charge in [0.1, 0.15) is 5.75 Å². The van der Waals surface area contributed by atoms with Crippen LogP contribution in [-0.4, -0.2) is 28.8 Å². The number of carboxylic acids is 2. The summed E-state index contributed by atoms with van der Waals surface area (Å²) in [4.78, 5) is 21.7. The van der Waals surface area contributed by atoms with Crippen molar-refractivity contribution in [2.75, 3.05) is 6.61 Å². The van der Waals surface area contributed by atoms with Crippen LogP contribution in [0, 0.1) is 0 Å². The second kappa shape index (κ2) is 8.19. The maximum Gasteiger partial charge on any atom is 0.311 e. The molecule has 1 aromatic carbocycles. The number of hydrogen-bond acceptors (Lipinski definition) is 3. The monoisotopic (exact) mass is 280 g/mol. The molecule has 0 aromatic heterocycles.